The quantitative estimate of drug-likeness (QED) is 0.451. The lowest BCUT2D eigenvalue weighted by molar-refractivity contribution is -0.276. The maximum absolute atomic E-state index is 14.4. The molecule has 27 heavy (non-hydrogen) atoms. The number of benzene rings is 3. The lowest BCUT2D eigenvalue weighted by Gasteiger charge is -2.13. The summed E-state index contributed by atoms with van der Waals surface area (Å²) in [6, 6.07) is 9.29. The van der Waals surface area contributed by atoms with Gasteiger partial charge in [0.25, 0.3) is 0 Å². The monoisotopic (exact) mass is 384 g/mol. The van der Waals surface area contributed by atoms with E-state index in [0.29, 0.717) is 12.0 Å². The SMILES string of the molecule is CCCc1ccc(-c2ccc3c(F)c(OC(F)(F)F)c(F)cc3c2)c(F)c1. The molecule has 0 aliphatic carbocycles. The first-order valence-electron chi connectivity index (χ1n) is 8.16. The summed E-state index contributed by atoms with van der Waals surface area (Å²) >= 11 is 0. The van der Waals surface area contributed by atoms with E-state index in [-0.39, 0.29) is 16.3 Å². The van der Waals surface area contributed by atoms with Crippen molar-refractivity contribution in [3.05, 3.63) is 65.5 Å². The van der Waals surface area contributed by atoms with Crippen molar-refractivity contribution < 1.29 is 31.1 Å². The Balaban J connectivity index is 2.07. The number of hydrogen-bond acceptors (Lipinski definition) is 1. The van der Waals surface area contributed by atoms with Crippen molar-refractivity contribution in [1.29, 1.82) is 0 Å². The molecule has 3 rings (SSSR count). The summed E-state index contributed by atoms with van der Waals surface area (Å²) in [7, 11) is 0. The van der Waals surface area contributed by atoms with Gasteiger partial charge >= 0.3 is 6.36 Å². The highest BCUT2D eigenvalue weighted by molar-refractivity contribution is 5.89. The molecule has 0 N–H and O–H groups in total. The maximum atomic E-state index is 14.4. The molecule has 0 unspecified atom stereocenters. The second-order valence-corrected chi connectivity index (χ2v) is 6.05. The van der Waals surface area contributed by atoms with Crippen molar-refractivity contribution in [3.63, 3.8) is 0 Å². The Labute approximate surface area is 151 Å². The Kier molecular flexibility index (Phi) is 5.04. The van der Waals surface area contributed by atoms with Gasteiger partial charge in [0.05, 0.1) is 0 Å². The predicted octanol–water partition coefficient (Wildman–Crippen LogP) is 6.78. The van der Waals surface area contributed by atoms with E-state index < -0.39 is 29.6 Å². The number of fused-ring (bicyclic) bond motifs is 1. The maximum Gasteiger partial charge on any atom is 0.573 e. The van der Waals surface area contributed by atoms with Gasteiger partial charge in [-0.1, -0.05) is 37.6 Å². The minimum Gasteiger partial charge on any atom is -0.399 e. The molecule has 3 aromatic rings. The van der Waals surface area contributed by atoms with Crippen LogP contribution < -0.4 is 4.74 Å². The smallest absolute Gasteiger partial charge is 0.399 e. The van der Waals surface area contributed by atoms with Crippen LogP contribution in [0.2, 0.25) is 0 Å². The molecule has 0 atom stereocenters. The molecule has 0 heterocycles. The van der Waals surface area contributed by atoms with Gasteiger partial charge in [0, 0.05) is 10.9 Å². The third-order valence-corrected chi connectivity index (χ3v) is 4.09. The normalized spacial score (nSPS) is 11.8. The van der Waals surface area contributed by atoms with Gasteiger partial charge < -0.3 is 4.74 Å². The first-order chi connectivity index (χ1) is 12.7. The average Bonchev–Trinajstić information content (AvgIpc) is 2.58. The van der Waals surface area contributed by atoms with E-state index in [2.05, 4.69) is 4.74 Å². The highest BCUT2D eigenvalue weighted by Gasteiger charge is 2.34. The van der Waals surface area contributed by atoms with Crippen molar-refractivity contribution in [3.8, 4) is 16.9 Å². The second kappa shape index (κ2) is 7.13. The molecule has 0 saturated heterocycles. The highest BCUT2D eigenvalue weighted by Crippen LogP contribution is 2.35. The van der Waals surface area contributed by atoms with Gasteiger partial charge in [0.1, 0.15) is 5.82 Å². The lowest BCUT2D eigenvalue weighted by Crippen LogP contribution is -2.19. The fraction of sp³-hybridized carbons (Fsp3) is 0.200. The van der Waals surface area contributed by atoms with Crippen LogP contribution in [0, 0.1) is 17.5 Å². The molecule has 1 nitrogen and oxygen atoms in total. The molecule has 0 amide bonds. The van der Waals surface area contributed by atoms with E-state index >= 15 is 0 Å². The van der Waals surface area contributed by atoms with E-state index in [1.165, 1.54) is 24.3 Å². The number of ether oxygens (including phenoxy) is 1. The van der Waals surface area contributed by atoms with Crippen molar-refractivity contribution in [2.75, 3.05) is 0 Å². The van der Waals surface area contributed by atoms with Gasteiger partial charge in [-0.3, -0.25) is 0 Å². The number of alkyl halides is 3. The molecular weight excluding hydrogens is 370 g/mol. The molecule has 0 saturated carbocycles. The van der Waals surface area contributed by atoms with E-state index in [4.69, 9.17) is 0 Å². The van der Waals surface area contributed by atoms with Crippen molar-refractivity contribution >= 4 is 10.8 Å². The minimum atomic E-state index is -5.22. The lowest BCUT2D eigenvalue weighted by atomic mass is 9.98. The first kappa shape index (κ1) is 19.1. The van der Waals surface area contributed by atoms with Crippen molar-refractivity contribution in [1.82, 2.24) is 0 Å². The van der Waals surface area contributed by atoms with Crippen LogP contribution in [0.4, 0.5) is 26.3 Å². The summed E-state index contributed by atoms with van der Waals surface area (Å²) in [6.07, 6.45) is -3.65. The summed E-state index contributed by atoms with van der Waals surface area (Å²) in [6.45, 7) is 1.97. The fourth-order valence-corrected chi connectivity index (χ4v) is 2.92. The molecule has 142 valence electrons. The van der Waals surface area contributed by atoms with Crippen LogP contribution in [-0.2, 0) is 6.42 Å². The Morgan fingerprint density at radius 3 is 2.26 bits per heavy atom. The summed E-state index contributed by atoms with van der Waals surface area (Å²) < 4.78 is 83.0. The Morgan fingerprint density at radius 2 is 1.63 bits per heavy atom. The van der Waals surface area contributed by atoms with Gasteiger partial charge in [0.15, 0.2) is 11.6 Å². The predicted molar refractivity (Wildman–Crippen MR) is 89.9 cm³/mol. The van der Waals surface area contributed by atoms with Gasteiger partial charge in [0.2, 0.25) is 5.75 Å². The van der Waals surface area contributed by atoms with E-state index in [9.17, 15) is 26.3 Å². The van der Waals surface area contributed by atoms with Crippen LogP contribution in [0.25, 0.3) is 21.9 Å². The molecule has 0 bridgehead atoms. The molecule has 0 aliphatic rings. The Hall–Kier alpha value is -2.70. The number of hydrogen-bond donors (Lipinski definition) is 0. The third-order valence-electron chi connectivity index (χ3n) is 4.09. The minimum absolute atomic E-state index is 0.00550. The van der Waals surface area contributed by atoms with E-state index in [1.54, 1.807) is 12.1 Å². The summed E-state index contributed by atoms with van der Waals surface area (Å²) in [4.78, 5) is 0. The topological polar surface area (TPSA) is 9.23 Å². The zero-order valence-electron chi connectivity index (χ0n) is 14.1. The largest absolute Gasteiger partial charge is 0.573 e. The molecule has 0 aromatic heterocycles. The molecule has 3 aromatic carbocycles. The standard InChI is InChI=1S/C20H14F6O/c1-2-3-11-4-6-14(16(21)8-11)12-5-7-15-13(9-12)10-17(22)19(18(15)23)27-20(24,25)26/h4-10H,2-3H2,1H3. The fourth-order valence-electron chi connectivity index (χ4n) is 2.92. The number of rotatable bonds is 4. The first-order valence-corrected chi connectivity index (χ1v) is 8.16. The molecule has 0 spiro atoms. The molecular formula is C20H14F6O. The van der Waals surface area contributed by atoms with Crippen LogP contribution >= 0.6 is 0 Å². The van der Waals surface area contributed by atoms with Gasteiger partial charge in [-0.2, -0.15) is 0 Å². The third kappa shape index (κ3) is 4.02. The zero-order valence-corrected chi connectivity index (χ0v) is 14.1. The van der Waals surface area contributed by atoms with E-state index in [1.807, 2.05) is 6.92 Å². The van der Waals surface area contributed by atoms with Crippen molar-refractivity contribution in [2.45, 2.75) is 26.1 Å². The van der Waals surface area contributed by atoms with Crippen molar-refractivity contribution in [2.24, 2.45) is 0 Å². The van der Waals surface area contributed by atoms with Crippen LogP contribution in [-0.4, -0.2) is 6.36 Å². The van der Waals surface area contributed by atoms with Gasteiger partial charge in [-0.05, 0) is 41.1 Å². The Bertz CT molecular complexity index is 994. The zero-order chi connectivity index (χ0) is 19.8. The number of halogens is 6. The van der Waals surface area contributed by atoms with Gasteiger partial charge in [-0.25, -0.2) is 13.2 Å². The van der Waals surface area contributed by atoms with Gasteiger partial charge in [-0.15, -0.1) is 13.2 Å². The Morgan fingerprint density at radius 1 is 0.889 bits per heavy atom. The van der Waals surface area contributed by atoms with Crippen LogP contribution in [0.5, 0.6) is 5.75 Å². The molecule has 0 fully saturated rings. The molecule has 0 aliphatic heterocycles. The van der Waals surface area contributed by atoms with Crippen LogP contribution in [0.3, 0.4) is 0 Å². The number of aryl methyl sites for hydroxylation is 1. The van der Waals surface area contributed by atoms with Crippen LogP contribution in [0.1, 0.15) is 18.9 Å². The van der Waals surface area contributed by atoms with Crippen LogP contribution in [0.15, 0.2) is 42.5 Å². The second-order valence-electron chi connectivity index (χ2n) is 6.05. The highest BCUT2D eigenvalue weighted by atomic mass is 19.4. The van der Waals surface area contributed by atoms with E-state index in [0.717, 1.165) is 18.1 Å². The average molecular weight is 384 g/mol. The molecule has 7 heteroatoms. The summed E-state index contributed by atoms with van der Waals surface area (Å²) in [5.41, 5.74) is 1.41. The summed E-state index contributed by atoms with van der Waals surface area (Å²) in [5, 5.41) is -0.267. The summed E-state index contributed by atoms with van der Waals surface area (Å²) in [5.74, 6) is -4.96. The molecule has 0 radical (unpaired) electrons.